The minimum Gasteiger partial charge on any atom is -0.368 e. The summed E-state index contributed by atoms with van der Waals surface area (Å²) < 4.78 is 2.01. The van der Waals surface area contributed by atoms with E-state index in [9.17, 15) is 4.79 Å². The second-order valence-electron chi connectivity index (χ2n) is 7.68. The summed E-state index contributed by atoms with van der Waals surface area (Å²) in [5.41, 5.74) is 7.60. The van der Waals surface area contributed by atoms with Crippen LogP contribution in [0, 0.1) is 5.92 Å². The van der Waals surface area contributed by atoms with Gasteiger partial charge in [0.25, 0.3) is 0 Å². The molecule has 0 spiro atoms. The van der Waals surface area contributed by atoms with Crippen LogP contribution in [-0.2, 0) is 17.8 Å². The fraction of sp³-hybridized carbons (Fsp3) is 0.450. The Morgan fingerprint density at radius 3 is 2.55 bits per heavy atom. The van der Waals surface area contributed by atoms with Crippen molar-refractivity contribution in [3.05, 3.63) is 35.9 Å². The van der Waals surface area contributed by atoms with E-state index in [-0.39, 0.29) is 18.4 Å². The van der Waals surface area contributed by atoms with Gasteiger partial charge in [-0.3, -0.25) is 4.79 Å². The Morgan fingerprint density at radius 2 is 1.86 bits per heavy atom. The maximum Gasteiger partial charge on any atom is 0.243 e. The first-order valence-corrected chi connectivity index (χ1v) is 9.67. The lowest BCUT2D eigenvalue weighted by Gasteiger charge is -2.18. The van der Waals surface area contributed by atoms with Gasteiger partial charge in [-0.15, -0.1) is 0 Å². The van der Waals surface area contributed by atoms with Crippen LogP contribution in [0.2, 0.25) is 0 Å². The molecule has 9 heteroatoms. The Morgan fingerprint density at radius 1 is 1.14 bits per heavy atom. The average molecular weight is 396 g/mol. The van der Waals surface area contributed by atoms with Crippen molar-refractivity contribution < 1.29 is 4.79 Å². The molecule has 0 radical (unpaired) electrons. The molecule has 3 N–H and O–H groups in total. The molecule has 154 valence electrons. The normalized spacial score (nSPS) is 12.3. The van der Waals surface area contributed by atoms with Gasteiger partial charge in [0.15, 0.2) is 5.82 Å². The Kier molecular flexibility index (Phi) is 5.95. The molecule has 29 heavy (non-hydrogen) atoms. The van der Waals surface area contributed by atoms with E-state index in [1.54, 1.807) is 4.90 Å². The number of para-hydroxylation sites is 2. The Balaban J connectivity index is 1.82. The second kappa shape index (κ2) is 8.42. The summed E-state index contributed by atoms with van der Waals surface area (Å²) in [5, 5.41) is 2.91. The number of benzene rings is 1. The molecule has 3 rings (SSSR count). The zero-order chi connectivity index (χ0) is 21.1. The van der Waals surface area contributed by atoms with E-state index in [1.165, 1.54) is 0 Å². The highest BCUT2D eigenvalue weighted by Gasteiger charge is 2.22. The third kappa shape index (κ3) is 4.61. The molecule has 0 bridgehead atoms. The molecule has 1 amide bonds. The molecule has 0 saturated heterocycles. The number of hydrogen-bond acceptors (Lipinski definition) is 7. The topological polar surface area (TPSA) is 115 Å². The van der Waals surface area contributed by atoms with E-state index >= 15 is 0 Å². The molecule has 2 aromatic heterocycles. The second-order valence-corrected chi connectivity index (χ2v) is 7.68. The highest BCUT2D eigenvalue weighted by molar-refractivity contribution is 5.84. The summed E-state index contributed by atoms with van der Waals surface area (Å²) in [4.78, 5) is 31.9. The number of amides is 1. The molecule has 0 aliphatic heterocycles. The molecule has 0 saturated carbocycles. The van der Waals surface area contributed by atoms with Crippen molar-refractivity contribution in [1.82, 2.24) is 29.8 Å². The number of nitrogens with zero attached hydrogens (tertiary/aromatic N) is 6. The van der Waals surface area contributed by atoms with Crippen molar-refractivity contribution >= 4 is 28.8 Å². The van der Waals surface area contributed by atoms with Crippen LogP contribution in [0.25, 0.3) is 11.0 Å². The molecule has 1 unspecified atom stereocenters. The summed E-state index contributed by atoms with van der Waals surface area (Å²) in [6, 6.07) is 7.45. The van der Waals surface area contributed by atoms with E-state index in [2.05, 4.69) is 34.1 Å². The standard InChI is InChI=1S/C20H28N8O/c1-12(2)10-17-23-14-8-6-7-9-15(14)28(17)13(3)18(29)22-11-16-24-19(21)26-20(25-16)27(4)5/h6-9,12-13H,10-11H2,1-5H3,(H,22,29)(H2,21,24,25,26). The third-order valence-electron chi connectivity index (χ3n) is 4.53. The smallest absolute Gasteiger partial charge is 0.243 e. The first kappa shape index (κ1) is 20.5. The summed E-state index contributed by atoms with van der Waals surface area (Å²) in [5.74, 6) is 2.19. The minimum absolute atomic E-state index is 0.126. The molecule has 0 aliphatic rings. The number of aromatic nitrogens is 5. The zero-order valence-corrected chi connectivity index (χ0v) is 17.5. The van der Waals surface area contributed by atoms with Crippen molar-refractivity contribution in [2.75, 3.05) is 24.7 Å². The number of nitrogens with two attached hydrogens (primary N) is 1. The molecular weight excluding hydrogens is 368 g/mol. The van der Waals surface area contributed by atoms with Crippen LogP contribution in [0.1, 0.15) is 38.5 Å². The van der Waals surface area contributed by atoms with Gasteiger partial charge in [0.05, 0.1) is 17.6 Å². The maximum absolute atomic E-state index is 12.9. The van der Waals surface area contributed by atoms with Crippen LogP contribution >= 0.6 is 0 Å². The first-order chi connectivity index (χ1) is 13.8. The predicted octanol–water partition coefficient (Wildman–Crippen LogP) is 1.95. The molecular formula is C20H28N8O. The number of imidazole rings is 1. The van der Waals surface area contributed by atoms with Crippen LogP contribution in [0.4, 0.5) is 11.9 Å². The number of hydrogen-bond donors (Lipinski definition) is 2. The van der Waals surface area contributed by atoms with E-state index in [0.29, 0.717) is 17.7 Å². The predicted molar refractivity (Wildman–Crippen MR) is 113 cm³/mol. The quantitative estimate of drug-likeness (QED) is 0.627. The number of fused-ring (bicyclic) bond motifs is 1. The maximum atomic E-state index is 12.9. The van der Waals surface area contributed by atoms with Gasteiger partial charge in [0.2, 0.25) is 17.8 Å². The molecule has 9 nitrogen and oxygen atoms in total. The number of anilines is 2. The van der Waals surface area contributed by atoms with Crippen LogP contribution in [0.3, 0.4) is 0 Å². The SMILES string of the molecule is CC(C)Cc1nc2ccccc2n1C(C)C(=O)NCc1nc(N)nc(N(C)C)n1. The lowest BCUT2D eigenvalue weighted by Crippen LogP contribution is -2.32. The monoisotopic (exact) mass is 396 g/mol. The highest BCUT2D eigenvalue weighted by Crippen LogP contribution is 2.23. The number of nitrogens with one attached hydrogen (secondary N) is 1. The molecule has 3 aromatic rings. The molecule has 0 fully saturated rings. The van der Waals surface area contributed by atoms with Gasteiger partial charge in [-0.25, -0.2) is 4.98 Å². The highest BCUT2D eigenvalue weighted by atomic mass is 16.2. The van der Waals surface area contributed by atoms with Crippen LogP contribution < -0.4 is 16.0 Å². The average Bonchev–Trinajstić information content (AvgIpc) is 3.02. The van der Waals surface area contributed by atoms with E-state index in [4.69, 9.17) is 10.7 Å². The Labute approximate surface area is 170 Å². The zero-order valence-electron chi connectivity index (χ0n) is 17.5. The molecule has 1 atom stereocenters. The third-order valence-corrected chi connectivity index (χ3v) is 4.53. The summed E-state index contributed by atoms with van der Waals surface area (Å²) >= 11 is 0. The van der Waals surface area contributed by atoms with Crippen LogP contribution in [-0.4, -0.2) is 44.5 Å². The van der Waals surface area contributed by atoms with Gasteiger partial charge in [0, 0.05) is 20.5 Å². The van der Waals surface area contributed by atoms with Crippen molar-refractivity contribution in [2.45, 2.75) is 39.8 Å². The van der Waals surface area contributed by atoms with Crippen LogP contribution in [0.15, 0.2) is 24.3 Å². The van der Waals surface area contributed by atoms with E-state index < -0.39 is 6.04 Å². The number of carbonyl (C=O) groups is 1. The van der Waals surface area contributed by atoms with Crippen LogP contribution in [0.5, 0.6) is 0 Å². The van der Waals surface area contributed by atoms with Crippen molar-refractivity contribution in [3.63, 3.8) is 0 Å². The number of carbonyl (C=O) groups excluding carboxylic acids is 1. The van der Waals surface area contributed by atoms with Crippen molar-refractivity contribution in [2.24, 2.45) is 5.92 Å². The largest absolute Gasteiger partial charge is 0.368 e. The Hall–Kier alpha value is -3.23. The fourth-order valence-corrected chi connectivity index (χ4v) is 3.17. The Bertz CT molecular complexity index is 1010. The number of nitrogen functional groups attached to an aromatic ring is 1. The fourth-order valence-electron chi connectivity index (χ4n) is 3.17. The van der Waals surface area contributed by atoms with Gasteiger partial charge >= 0.3 is 0 Å². The van der Waals surface area contributed by atoms with E-state index in [0.717, 1.165) is 23.3 Å². The summed E-state index contributed by atoms with van der Waals surface area (Å²) in [6.07, 6.45) is 0.794. The van der Waals surface area contributed by atoms with Crippen molar-refractivity contribution in [1.29, 1.82) is 0 Å². The summed E-state index contributed by atoms with van der Waals surface area (Å²) in [7, 11) is 3.64. The summed E-state index contributed by atoms with van der Waals surface area (Å²) in [6.45, 7) is 6.33. The lowest BCUT2D eigenvalue weighted by atomic mass is 10.1. The first-order valence-electron chi connectivity index (χ1n) is 9.67. The van der Waals surface area contributed by atoms with Gasteiger partial charge in [-0.2, -0.15) is 15.0 Å². The minimum atomic E-state index is -0.427. The van der Waals surface area contributed by atoms with Gasteiger partial charge in [0.1, 0.15) is 11.9 Å². The van der Waals surface area contributed by atoms with E-state index in [1.807, 2.05) is 49.9 Å². The van der Waals surface area contributed by atoms with Gasteiger partial charge < -0.3 is 20.5 Å². The van der Waals surface area contributed by atoms with Gasteiger partial charge in [-0.1, -0.05) is 26.0 Å². The molecule has 2 heterocycles. The molecule has 1 aromatic carbocycles. The molecule has 0 aliphatic carbocycles. The van der Waals surface area contributed by atoms with Gasteiger partial charge in [-0.05, 0) is 25.0 Å². The van der Waals surface area contributed by atoms with Crippen molar-refractivity contribution in [3.8, 4) is 0 Å². The number of rotatable bonds is 7. The lowest BCUT2D eigenvalue weighted by molar-refractivity contribution is -0.124.